The predicted octanol–water partition coefficient (Wildman–Crippen LogP) is 3.70. The summed E-state index contributed by atoms with van der Waals surface area (Å²) in [6.45, 7) is 4.71. The van der Waals surface area contributed by atoms with Gasteiger partial charge in [0.25, 0.3) is 0 Å². The maximum Gasteiger partial charge on any atom is 0.155 e. The summed E-state index contributed by atoms with van der Waals surface area (Å²) in [7, 11) is 0. The summed E-state index contributed by atoms with van der Waals surface area (Å²) in [5, 5.41) is 14.4. The Balaban J connectivity index is 1.72. The second kappa shape index (κ2) is 8.97. The zero-order valence-electron chi connectivity index (χ0n) is 12.1. The molecule has 1 heterocycles. The lowest BCUT2D eigenvalue weighted by atomic mass is 10.3. The van der Waals surface area contributed by atoms with Gasteiger partial charge in [0.1, 0.15) is 17.4 Å². The molecule has 2 rings (SSSR count). The van der Waals surface area contributed by atoms with Crippen molar-refractivity contribution < 1.29 is 4.74 Å². The van der Waals surface area contributed by atoms with E-state index in [4.69, 9.17) is 16.3 Å². The van der Waals surface area contributed by atoms with Crippen molar-refractivity contribution in [1.82, 2.24) is 15.5 Å². The molecule has 0 spiro atoms. The average molecular weight is 326 g/mol. The van der Waals surface area contributed by atoms with E-state index in [0.29, 0.717) is 11.6 Å². The Bertz CT molecular complexity index is 547. The van der Waals surface area contributed by atoms with Gasteiger partial charge in [-0.3, -0.25) is 0 Å². The molecule has 0 saturated heterocycles. The quantitative estimate of drug-likeness (QED) is 0.714. The van der Waals surface area contributed by atoms with Crippen LogP contribution in [0, 0.1) is 0 Å². The number of hydrogen-bond donors (Lipinski definition) is 1. The average Bonchev–Trinajstić information content (AvgIpc) is 2.93. The van der Waals surface area contributed by atoms with Crippen molar-refractivity contribution in [2.75, 3.05) is 13.1 Å². The molecule has 4 nitrogen and oxygen atoms in total. The molecule has 0 aliphatic carbocycles. The van der Waals surface area contributed by atoms with Crippen LogP contribution < -0.4 is 10.1 Å². The molecule has 0 saturated carbocycles. The minimum atomic E-state index is 0.437. The minimum Gasteiger partial charge on any atom is -0.486 e. The first-order valence-electron chi connectivity index (χ1n) is 7.18. The molecule has 2 aromatic rings. The van der Waals surface area contributed by atoms with Crippen molar-refractivity contribution in [3.63, 3.8) is 0 Å². The van der Waals surface area contributed by atoms with Gasteiger partial charge in [0.15, 0.2) is 5.01 Å². The van der Waals surface area contributed by atoms with E-state index in [1.807, 2.05) is 18.2 Å². The van der Waals surface area contributed by atoms with Crippen molar-refractivity contribution >= 4 is 22.9 Å². The Morgan fingerprint density at radius 2 is 2.10 bits per heavy atom. The number of halogens is 1. The fraction of sp³-hybridized carbons (Fsp3) is 0.467. The highest BCUT2D eigenvalue weighted by Gasteiger charge is 2.05. The SMILES string of the molecule is CCCNCCCc1nnc(COc2cccc(Cl)c2)s1. The van der Waals surface area contributed by atoms with Gasteiger partial charge in [-0.2, -0.15) is 0 Å². The lowest BCUT2D eigenvalue weighted by Crippen LogP contribution is -2.16. The van der Waals surface area contributed by atoms with E-state index in [0.717, 1.165) is 41.7 Å². The maximum atomic E-state index is 5.91. The van der Waals surface area contributed by atoms with Gasteiger partial charge in [-0.1, -0.05) is 35.9 Å². The summed E-state index contributed by atoms with van der Waals surface area (Å²) >= 11 is 7.52. The number of hydrogen-bond acceptors (Lipinski definition) is 5. The summed E-state index contributed by atoms with van der Waals surface area (Å²) in [4.78, 5) is 0. The molecule has 1 N–H and O–H groups in total. The fourth-order valence-corrected chi connectivity index (χ4v) is 2.80. The molecule has 1 aromatic heterocycles. The van der Waals surface area contributed by atoms with Gasteiger partial charge in [0.2, 0.25) is 0 Å². The third kappa shape index (κ3) is 5.99. The lowest BCUT2D eigenvalue weighted by molar-refractivity contribution is 0.304. The van der Waals surface area contributed by atoms with Crippen molar-refractivity contribution in [2.24, 2.45) is 0 Å². The van der Waals surface area contributed by atoms with Gasteiger partial charge in [-0.05, 0) is 44.1 Å². The Labute approximate surface area is 134 Å². The van der Waals surface area contributed by atoms with E-state index >= 15 is 0 Å². The molecular formula is C15H20ClN3OS. The van der Waals surface area contributed by atoms with E-state index in [1.54, 1.807) is 17.4 Å². The topological polar surface area (TPSA) is 47.0 Å². The minimum absolute atomic E-state index is 0.437. The molecule has 0 atom stereocenters. The van der Waals surface area contributed by atoms with Crippen molar-refractivity contribution in [1.29, 1.82) is 0 Å². The van der Waals surface area contributed by atoms with Crippen LogP contribution >= 0.6 is 22.9 Å². The molecule has 0 radical (unpaired) electrons. The number of rotatable bonds is 9. The number of aryl methyl sites for hydroxylation is 1. The number of benzene rings is 1. The maximum absolute atomic E-state index is 5.91. The van der Waals surface area contributed by atoms with Gasteiger partial charge in [0.05, 0.1) is 0 Å². The molecule has 0 unspecified atom stereocenters. The van der Waals surface area contributed by atoms with Crippen LogP contribution in [0.4, 0.5) is 0 Å². The molecule has 0 aliphatic heterocycles. The van der Waals surface area contributed by atoms with Crippen LogP contribution in [0.5, 0.6) is 5.75 Å². The van der Waals surface area contributed by atoms with E-state index in [9.17, 15) is 0 Å². The molecule has 0 aliphatic rings. The largest absolute Gasteiger partial charge is 0.486 e. The van der Waals surface area contributed by atoms with Crippen LogP contribution in [-0.2, 0) is 13.0 Å². The van der Waals surface area contributed by atoms with Crippen LogP contribution in [0.25, 0.3) is 0 Å². The predicted molar refractivity (Wildman–Crippen MR) is 87.2 cm³/mol. The first-order chi connectivity index (χ1) is 10.3. The van der Waals surface area contributed by atoms with E-state index < -0.39 is 0 Å². The van der Waals surface area contributed by atoms with Crippen LogP contribution in [0.15, 0.2) is 24.3 Å². The van der Waals surface area contributed by atoms with Crippen LogP contribution in [-0.4, -0.2) is 23.3 Å². The van der Waals surface area contributed by atoms with Crippen LogP contribution in [0.3, 0.4) is 0 Å². The second-order valence-corrected chi connectivity index (χ2v) is 6.27. The number of ether oxygens (including phenoxy) is 1. The molecular weight excluding hydrogens is 306 g/mol. The van der Waals surface area contributed by atoms with Crippen molar-refractivity contribution in [2.45, 2.75) is 32.8 Å². The number of aromatic nitrogens is 2. The second-order valence-electron chi connectivity index (χ2n) is 4.69. The smallest absolute Gasteiger partial charge is 0.155 e. The standard InChI is InChI=1S/C15H20ClN3OS/c1-2-8-17-9-4-7-14-18-19-15(21-14)11-20-13-6-3-5-12(16)10-13/h3,5-6,10,17H,2,4,7-9,11H2,1H3. The van der Waals surface area contributed by atoms with E-state index in [1.165, 1.54) is 6.42 Å². The molecule has 6 heteroatoms. The molecule has 0 fully saturated rings. The third-order valence-corrected chi connectivity index (χ3v) is 4.03. The van der Waals surface area contributed by atoms with Gasteiger partial charge >= 0.3 is 0 Å². The zero-order valence-corrected chi connectivity index (χ0v) is 13.7. The number of nitrogens with one attached hydrogen (secondary N) is 1. The summed E-state index contributed by atoms with van der Waals surface area (Å²) < 4.78 is 5.65. The van der Waals surface area contributed by atoms with Crippen molar-refractivity contribution in [3.8, 4) is 5.75 Å². The lowest BCUT2D eigenvalue weighted by Gasteiger charge is -2.03. The summed E-state index contributed by atoms with van der Waals surface area (Å²) in [6.07, 6.45) is 3.22. The van der Waals surface area contributed by atoms with Crippen LogP contribution in [0.2, 0.25) is 5.02 Å². The fourth-order valence-electron chi connectivity index (χ4n) is 1.82. The molecule has 0 bridgehead atoms. The Kier molecular flexibility index (Phi) is 6.92. The molecule has 0 amide bonds. The van der Waals surface area contributed by atoms with E-state index in [2.05, 4.69) is 22.4 Å². The monoisotopic (exact) mass is 325 g/mol. The first kappa shape index (κ1) is 16.2. The normalized spacial score (nSPS) is 10.8. The summed E-state index contributed by atoms with van der Waals surface area (Å²) in [5.74, 6) is 0.753. The van der Waals surface area contributed by atoms with Gasteiger partial charge in [-0.15, -0.1) is 10.2 Å². The Morgan fingerprint density at radius 1 is 1.24 bits per heavy atom. The first-order valence-corrected chi connectivity index (χ1v) is 8.37. The Hall–Kier alpha value is -1.17. The van der Waals surface area contributed by atoms with Gasteiger partial charge < -0.3 is 10.1 Å². The highest BCUT2D eigenvalue weighted by Crippen LogP contribution is 2.19. The van der Waals surface area contributed by atoms with Crippen LogP contribution in [0.1, 0.15) is 29.8 Å². The van der Waals surface area contributed by atoms with Gasteiger partial charge in [-0.25, -0.2) is 0 Å². The Morgan fingerprint density at radius 3 is 2.90 bits per heavy atom. The van der Waals surface area contributed by atoms with E-state index in [-0.39, 0.29) is 0 Å². The third-order valence-electron chi connectivity index (χ3n) is 2.84. The molecule has 21 heavy (non-hydrogen) atoms. The number of nitrogens with zero attached hydrogens (tertiary/aromatic N) is 2. The summed E-state index contributed by atoms with van der Waals surface area (Å²) in [6, 6.07) is 7.37. The molecule has 114 valence electrons. The van der Waals surface area contributed by atoms with Crippen molar-refractivity contribution in [3.05, 3.63) is 39.3 Å². The molecule has 1 aromatic carbocycles. The zero-order chi connectivity index (χ0) is 14.9. The highest BCUT2D eigenvalue weighted by atomic mass is 35.5. The van der Waals surface area contributed by atoms with Gasteiger partial charge in [0, 0.05) is 11.4 Å². The summed E-state index contributed by atoms with van der Waals surface area (Å²) in [5.41, 5.74) is 0. The highest BCUT2D eigenvalue weighted by molar-refractivity contribution is 7.11.